The summed E-state index contributed by atoms with van der Waals surface area (Å²) in [5.74, 6) is 1.01. The molecular formula is C21H17Cl2NO3S2. The van der Waals surface area contributed by atoms with Gasteiger partial charge in [-0.05, 0) is 41.5 Å². The SMILES string of the molecule is C=CCN1C(=O)/C(=C/c2ccc(OCc3ccc(Cl)c(Cl)c3)c(OC)c2)SC1=S. The van der Waals surface area contributed by atoms with Gasteiger partial charge in [-0.1, -0.05) is 65.4 Å². The van der Waals surface area contributed by atoms with Crippen molar-refractivity contribution in [2.24, 2.45) is 0 Å². The number of halogens is 2. The topological polar surface area (TPSA) is 38.8 Å². The second-order valence-electron chi connectivity index (χ2n) is 6.03. The lowest BCUT2D eigenvalue weighted by Crippen LogP contribution is -2.27. The molecule has 0 unspecified atom stereocenters. The summed E-state index contributed by atoms with van der Waals surface area (Å²) in [6, 6.07) is 10.8. The summed E-state index contributed by atoms with van der Waals surface area (Å²) >= 11 is 18.5. The van der Waals surface area contributed by atoms with Crippen molar-refractivity contribution >= 4 is 63.5 Å². The zero-order valence-electron chi connectivity index (χ0n) is 15.5. The van der Waals surface area contributed by atoms with Gasteiger partial charge in [0.1, 0.15) is 10.9 Å². The van der Waals surface area contributed by atoms with Crippen LogP contribution in [0.4, 0.5) is 0 Å². The average Bonchev–Trinajstić information content (AvgIpc) is 2.97. The quantitative estimate of drug-likeness (QED) is 0.286. The number of hydrogen-bond acceptors (Lipinski definition) is 5. The zero-order valence-corrected chi connectivity index (χ0v) is 18.6. The maximum absolute atomic E-state index is 12.5. The fraction of sp³-hybridized carbons (Fsp3) is 0.143. The van der Waals surface area contributed by atoms with Crippen LogP contribution in [0.15, 0.2) is 54.0 Å². The van der Waals surface area contributed by atoms with E-state index in [1.807, 2.05) is 18.2 Å². The number of ether oxygens (including phenoxy) is 2. The van der Waals surface area contributed by atoms with E-state index in [1.54, 1.807) is 37.5 Å². The molecule has 2 aromatic rings. The third-order valence-electron chi connectivity index (χ3n) is 4.05. The van der Waals surface area contributed by atoms with E-state index in [9.17, 15) is 4.79 Å². The van der Waals surface area contributed by atoms with Gasteiger partial charge in [0.05, 0.1) is 22.1 Å². The molecule has 29 heavy (non-hydrogen) atoms. The molecular weight excluding hydrogens is 449 g/mol. The molecule has 3 rings (SSSR count). The van der Waals surface area contributed by atoms with Crippen LogP contribution in [0.5, 0.6) is 11.5 Å². The smallest absolute Gasteiger partial charge is 0.266 e. The minimum Gasteiger partial charge on any atom is -0.493 e. The van der Waals surface area contributed by atoms with E-state index >= 15 is 0 Å². The van der Waals surface area contributed by atoms with Gasteiger partial charge in [0.15, 0.2) is 11.5 Å². The molecule has 1 saturated heterocycles. The van der Waals surface area contributed by atoms with Gasteiger partial charge in [-0.25, -0.2) is 0 Å². The minimum absolute atomic E-state index is 0.126. The monoisotopic (exact) mass is 465 g/mol. The zero-order chi connectivity index (χ0) is 21.0. The highest BCUT2D eigenvalue weighted by molar-refractivity contribution is 8.26. The highest BCUT2D eigenvalue weighted by Gasteiger charge is 2.31. The number of amides is 1. The fourth-order valence-corrected chi connectivity index (χ4v) is 4.22. The van der Waals surface area contributed by atoms with Crippen LogP contribution in [0.1, 0.15) is 11.1 Å². The van der Waals surface area contributed by atoms with Crippen LogP contribution in [-0.4, -0.2) is 28.8 Å². The van der Waals surface area contributed by atoms with Gasteiger partial charge in [-0.2, -0.15) is 0 Å². The molecule has 0 saturated carbocycles. The molecule has 8 heteroatoms. The van der Waals surface area contributed by atoms with E-state index < -0.39 is 0 Å². The number of carbonyl (C=O) groups excluding carboxylic acids is 1. The van der Waals surface area contributed by atoms with Gasteiger partial charge in [0, 0.05) is 6.54 Å². The maximum Gasteiger partial charge on any atom is 0.266 e. The van der Waals surface area contributed by atoms with Crippen LogP contribution in [-0.2, 0) is 11.4 Å². The Labute approximate surface area is 189 Å². The average molecular weight is 466 g/mol. The van der Waals surface area contributed by atoms with Crippen molar-refractivity contribution in [1.29, 1.82) is 0 Å². The number of nitrogens with zero attached hydrogens (tertiary/aromatic N) is 1. The Kier molecular flexibility index (Phi) is 7.24. The summed E-state index contributed by atoms with van der Waals surface area (Å²) in [6.07, 6.45) is 3.43. The minimum atomic E-state index is -0.126. The summed E-state index contributed by atoms with van der Waals surface area (Å²) in [5.41, 5.74) is 1.69. The number of rotatable bonds is 7. The molecule has 0 aromatic heterocycles. The third kappa shape index (κ3) is 5.14. The first kappa shape index (κ1) is 21.7. The molecule has 1 aliphatic heterocycles. The molecule has 2 aromatic carbocycles. The molecule has 0 bridgehead atoms. The first-order chi connectivity index (χ1) is 13.9. The molecule has 150 valence electrons. The second kappa shape index (κ2) is 9.67. The van der Waals surface area contributed by atoms with Crippen LogP contribution in [0.25, 0.3) is 6.08 Å². The Morgan fingerprint density at radius 1 is 1.17 bits per heavy atom. The molecule has 1 fully saturated rings. The number of benzene rings is 2. The predicted molar refractivity (Wildman–Crippen MR) is 124 cm³/mol. The molecule has 1 heterocycles. The fourth-order valence-electron chi connectivity index (χ4n) is 2.62. The number of thiocarbonyl (C=S) groups is 1. The Morgan fingerprint density at radius 2 is 1.97 bits per heavy atom. The standard InChI is InChI=1S/C21H17Cl2NO3S2/c1-3-8-24-20(25)19(29-21(24)28)11-13-5-7-17(18(10-13)26-2)27-12-14-4-6-15(22)16(23)9-14/h3-7,9-11H,1,8,12H2,2H3/b19-11-. The molecule has 4 nitrogen and oxygen atoms in total. The molecule has 0 atom stereocenters. The van der Waals surface area contributed by atoms with E-state index in [1.165, 1.54) is 16.7 Å². The van der Waals surface area contributed by atoms with E-state index in [0.29, 0.717) is 43.9 Å². The highest BCUT2D eigenvalue weighted by Crippen LogP contribution is 2.35. The van der Waals surface area contributed by atoms with E-state index in [2.05, 4.69) is 6.58 Å². The largest absolute Gasteiger partial charge is 0.493 e. The van der Waals surface area contributed by atoms with Crippen LogP contribution in [0.3, 0.4) is 0 Å². The van der Waals surface area contributed by atoms with Crippen LogP contribution in [0.2, 0.25) is 10.0 Å². The van der Waals surface area contributed by atoms with E-state index in [-0.39, 0.29) is 5.91 Å². The summed E-state index contributed by atoms with van der Waals surface area (Å²) in [7, 11) is 1.56. The van der Waals surface area contributed by atoms with Crippen molar-refractivity contribution in [2.75, 3.05) is 13.7 Å². The highest BCUT2D eigenvalue weighted by atomic mass is 35.5. The van der Waals surface area contributed by atoms with Crippen molar-refractivity contribution in [1.82, 2.24) is 4.90 Å². The lowest BCUT2D eigenvalue weighted by atomic mass is 10.1. The van der Waals surface area contributed by atoms with Gasteiger partial charge in [0.2, 0.25) is 0 Å². The van der Waals surface area contributed by atoms with Gasteiger partial charge in [-0.3, -0.25) is 9.69 Å². The van der Waals surface area contributed by atoms with Gasteiger partial charge < -0.3 is 9.47 Å². The van der Waals surface area contributed by atoms with Gasteiger partial charge >= 0.3 is 0 Å². The number of carbonyl (C=O) groups is 1. The molecule has 1 amide bonds. The lowest BCUT2D eigenvalue weighted by Gasteiger charge is -2.12. The lowest BCUT2D eigenvalue weighted by molar-refractivity contribution is -0.121. The number of methoxy groups -OCH3 is 1. The predicted octanol–water partition coefficient (Wildman–Crippen LogP) is 5.97. The first-order valence-electron chi connectivity index (χ1n) is 8.54. The molecule has 0 aliphatic carbocycles. The maximum atomic E-state index is 12.5. The van der Waals surface area contributed by atoms with Crippen molar-refractivity contribution in [3.05, 3.63) is 75.1 Å². The third-order valence-corrected chi connectivity index (χ3v) is 6.17. The normalized spacial score (nSPS) is 15.1. The molecule has 0 N–H and O–H groups in total. The summed E-state index contributed by atoms with van der Waals surface area (Å²) < 4.78 is 11.8. The van der Waals surface area contributed by atoms with Crippen molar-refractivity contribution in [3.63, 3.8) is 0 Å². The Hall–Kier alpha value is -1.99. The number of hydrogen-bond donors (Lipinski definition) is 0. The summed E-state index contributed by atoms with van der Waals surface area (Å²) in [5, 5.41) is 0.972. The summed E-state index contributed by atoms with van der Waals surface area (Å²) in [4.78, 5) is 14.5. The van der Waals surface area contributed by atoms with Gasteiger partial charge in [-0.15, -0.1) is 6.58 Å². The second-order valence-corrected chi connectivity index (χ2v) is 8.52. The Bertz CT molecular complexity index is 1010. The van der Waals surface area contributed by atoms with Crippen molar-refractivity contribution in [2.45, 2.75) is 6.61 Å². The Balaban J connectivity index is 1.76. The number of thioether (sulfide) groups is 1. The van der Waals surface area contributed by atoms with Crippen molar-refractivity contribution < 1.29 is 14.3 Å². The molecule has 0 spiro atoms. The molecule has 0 radical (unpaired) electrons. The van der Waals surface area contributed by atoms with Crippen molar-refractivity contribution in [3.8, 4) is 11.5 Å². The molecule has 1 aliphatic rings. The Morgan fingerprint density at radius 3 is 2.66 bits per heavy atom. The van der Waals surface area contributed by atoms with Crippen LogP contribution in [0, 0.1) is 0 Å². The van der Waals surface area contributed by atoms with Crippen LogP contribution < -0.4 is 9.47 Å². The van der Waals surface area contributed by atoms with E-state index in [4.69, 9.17) is 44.9 Å². The van der Waals surface area contributed by atoms with Crippen LogP contribution >= 0.6 is 47.2 Å². The van der Waals surface area contributed by atoms with E-state index in [0.717, 1.165) is 11.1 Å². The van der Waals surface area contributed by atoms with Gasteiger partial charge in [0.25, 0.3) is 5.91 Å². The summed E-state index contributed by atoms with van der Waals surface area (Å²) in [6.45, 7) is 4.36. The first-order valence-corrected chi connectivity index (χ1v) is 10.5.